The largest absolute Gasteiger partial charge is 0.299 e. The fraction of sp³-hybridized carbons (Fsp3) is 0.571. The molecule has 1 aromatic carbocycles. The fourth-order valence-electron chi connectivity index (χ4n) is 2.58. The molecule has 1 nitrogen and oxygen atoms in total. The number of nitrogens with zero attached hydrogens (tertiary/aromatic N) is 1. The van der Waals surface area contributed by atoms with Gasteiger partial charge in [-0.2, -0.15) is 0 Å². The Hall–Kier alpha value is 0.240. The van der Waals surface area contributed by atoms with E-state index in [0.717, 1.165) is 17.8 Å². The molecule has 1 saturated heterocycles. The summed E-state index contributed by atoms with van der Waals surface area (Å²) in [7, 11) is 0. The van der Waals surface area contributed by atoms with Crippen molar-refractivity contribution in [3.8, 4) is 0 Å². The molecule has 1 unspecified atom stereocenters. The second-order valence-electron chi connectivity index (χ2n) is 4.97. The molecule has 1 aliphatic heterocycles. The highest BCUT2D eigenvalue weighted by atomic mass is 79.9. The van der Waals surface area contributed by atoms with Crippen LogP contribution in [0.25, 0.3) is 0 Å². The molecule has 1 atom stereocenters. The molecular weight excluding hydrogens is 333 g/mol. The van der Waals surface area contributed by atoms with Crippen molar-refractivity contribution in [2.24, 2.45) is 5.92 Å². The average Bonchev–Trinajstić information content (AvgIpc) is 2.35. The first-order valence-corrected chi connectivity index (χ1v) is 8.29. The average molecular weight is 351 g/mol. The van der Waals surface area contributed by atoms with Gasteiger partial charge in [0.1, 0.15) is 0 Å². The first kappa shape index (κ1) is 14.6. The highest BCUT2D eigenvalue weighted by Crippen LogP contribution is 2.25. The molecule has 0 amide bonds. The molecule has 0 radical (unpaired) electrons. The monoisotopic (exact) mass is 349 g/mol. The van der Waals surface area contributed by atoms with Gasteiger partial charge < -0.3 is 0 Å². The SMILES string of the molecule is Clc1ccc(CN2CCCC(CCBr)C2)cc1Cl. The lowest BCUT2D eigenvalue weighted by Gasteiger charge is -2.32. The number of rotatable bonds is 4. The standard InChI is InChI=1S/C14H18BrCl2N/c15-6-5-11-2-1-7-18(9-11)10-12-3-4-13(16)14(17)8-12/h3-4,8,11H,1-2,5-7,9-10H2. The Balaban J connectivity index is 1.93. The molecular formula is C14H18BrCl2N. The van der Waals surface area contributed by atoms with Gasteiger partial charge in [-0.3, -0.25) is 4.90 Å². The van der Waals surface area contributed by atoms with Crippen LogP contribution in [0.2, 0.25) is 10.0 Å². The molecule has 0 saturated carbocycles. The summed E-state index contributed by atoms with van der Waals surface area (Å²) < 4.78 is 0. The third-order valence-electron chi connectivity index (χ3n) is 3.51. The Morgan fingerprint density at radius 2 is 2.11 bits per heavy atom. The van der Waals surface area contributed by atoms with E-state index in [0.29, 0.717) is 10.0 Å². The van der Waals surface area contributed by atoms with Crippen LogP contribution in [0.3, 0.4) is 0 Å². The van der Waals surface area contributed by atoms with Crippen LogP contribution in [-0.4, -0.2) is 23.3 Å². The number of benzene rings is 1. The minimum absolute atomic E-state index is 0.635. The molecule has 0 aliphatic carbocycles. The lowest BCUT2D eigenvalue weighted by atomic mass is 9.95. The van der Waals surface area contributed by atoms with Gasteiger partial charge >= 0.3 is 0 Å². The summed E-state index contributed by atoms with van der Waals surface area (Å²) >= 11 is 15.5. The Morgan fingerprint density at radius 1 is 1.28 bits per heavy atom. The highest BCUT2D eigenvalue weighted by molar-refractivity contribution is 9.09. The van der Waals surface area contributed by atoms with E-state index in [4.69, 9.17) is 23.2 Å². The summed E-state index contributed by atoms with van der Waals surface area (Å²) in [5, 5.41) is 2.40. The van der Waals surface area contributed by atoms with Crippen molar-refractivity contribution in [2.75, 3.05) is 18.4 Å². The summed E-state index contributed by atoms with van der Waals surface area (Å²) in [5.74, 6) is 0.834. The van der Waals surface area contributed by atoms with E-state index < -0.39 is 0 Å². The quantitative estimate of drug-likeness (QED) is 0.691. The predicted octanol–water partition coefficient (Wildman–Crippen LogP) is 4.99. The van der Waals surface area contributed by atoms with Gasteiger partial charge in [-0.05, 0) is 49.4 Å². The lowest BCUT2D eigenvalue weighted by molar-refractivity contribution is 0.165. The van der Waals surface area contributed by atoms with Crippen LogP contribution in [0.5, 0.6) is 0 Å². The second kappa shape index (κ2) is 7.14. The minimum Gasteiger partial charge on any atom is -0.299 e. The number of likely N-dealkylation sites (tertiary alicyclic amines) is 1. The van der Waals surface area contributed by atoms with Gasteiger partial charge in [-0.1, -0.05) is 45.2 Å². The van der Waals surface area contributed by atoms with E-state index >= 15 is 0 Å². The Kier molecular flexibility index (Phi) is 5.81. The maximum Gasteiger partial charge on any atom is 0.0595 e. The van der Waals surface area contributed by atoms with Crippen molar-refractivity contribution < 1.29 is 0 Å². The maximum atomic E-state index is 6.05. The number of hydrogen-bond donors (Lipinski definition) is 0. The molecule has 0 bridgehead atoms. The van der Waals surface area contributed by atoms with E-state index in [1.165, 1.54) is 37.9 Å². The minimum atomic E-state index is 0.635. The van der Waals surface area contributed by atoms with Crippen LogP contribution in [0.1, 0.15) is 24.8 Å². The smallest absolute Gasteiger partial charge is 0.0595 e. The summed E-state index contributed by atoms with van der Waals surface area (Å²) in [5.41, 5.74) is 1.25. The molecule has 2 rings (SSSR count). The van der Waals surface area contributed by atoms with Gasteiger partial charge in [-0.15, -0.1) is 0 Å². The molecule has 100 valence electrons. The van der Waals surface area contributed by atoms with E-state index in [2.05, 4.69) is 26.9 Å². The molecule has 0 N–H and O–H groups in total. The Labute approximate surface area is 128 Å². The molecule has 4 heteroatoms. The molecule has 18 heavy (non-hydrogen) atoms. The normalized spacial score (nSPS) is 21.2. The molecule has 1 fully saturated rings. The van der Waals surface area contributed by atoms with Crippen LogP contribution in [0, 0.1) is 5.92 Å². The summed E-state index contributed by atoms with van der Waals surface area (Å²) in [4.78, 5) is 2.52. The highest BCUT2D eigenvalue weighted by Gasteiger charge is 2.19. The van der Waals surface area contributed by atoms with Gasteiger partial charge in [0.05, 0.1) is 10.0 Å². The number of hydrogen-bond acceptors (Lipinski definition) is 1. The predicted molar refractivity (Wildman–Crippen MR) is 82.9 cm³/mol. The molecule has 0 spiro atoms. The zero-order valence-corrected chi connectivity index (χ0v) is 13.4. The zero-order chi connectivity index (χ0) is 13.0. The topological polar surface area (TPSA) is 3.24 Å². The zero-order valence-electron chi connectivity index (χ0n) is 10.3. The van der Waals surface area contributed by atoms with Crippen LogP contribution in [0.4, 0.5) is 0 Å². The van der Waals surface area contributed by atoms with Gasteiger partial charge in [0.15, 0.2) is 0 Å². The third kappa shape index (κ3) is 4.12. The summed E-state index contributed by atoms with van der Waals surface area (Å²) in [6, 6.07) is 5.94. The lowest BCUT2D eigenvalue weighted by Crippen LogP contribution is -2.35. The van der Waals surface area contributed by atoms with Crippen LogP contribution in [-0.2, 0) is 6.54 Å². The van der Waals surface area contributed by atoms with Crippen LogP contribution >= 0.6 is 39.1 Å². The number of halogens is 3. The van der Waals surface area contributed by atoms with Crippen molar-refractivity contribution in [1.82, 2.24) is 4.90 Å². The molecule has 0 aromatic heterocycles. The Bertz CT molecular complexity index is 395. The number of alkyl halides is 1. The van der Waals surface area contributed by atoms with Gasteiger partial charge in [0.2, 0.25) is 0 Å². The van der Waals surface area contributed by atoms with Crippen LogP contribution < -0.4 is 0 Å². The molecule has 1 aromatic rings. The Morgan fingerprint density at radius 3 is 2.83 bits per heavy atom. The maximum absolute atomic E-state index is 6.05. The van der Waals surface area contributed by atoms with Gasteiger partial charge in [0.25, 0.3) is 0 Å². The van der Waals surface area contributed by atoms with Crippen molar-refractivity contribution in [3.63, 3.8) is 0 Å². The first-order chi connectivity index (χ1) is 8.69. The second-order valence-corrected chi connectivity index (χ2v) is 6.58. The van der Waals surface area contributed by atoms with Crippen molar-refractivity contribution in [2.45, 2.75) is 25.8 Å². The number of piperidine rings is 1. The van der Waals surface area contributed by atoms with E-state index in [1.807, 2.05) is 12.1 Å². The van der Waals surface area contributed by atoms with E-state index in [-0.39, 0.29) is 0 Å². The summed E-state index contributed by atoms with van der Waals surface area (Å²) in [6.07, 6.45) is 3.94. The van der Waals surface area contributed by atoms with Gasteiger partial charge in [0, 0.05) is 18.4 Å². The van der Waals surface area contributed by atoms with Gasteiger partial charge in [-0.25, -0.2) is 0 Å². The molecule has 1 aliphatic rings. The van der Waals surface area contributed by atoms with E-state index in [9.17, 15) is 0 Å². The van der Waals surface area contributed by atoms with Crippen molar-refractivity contribution >= 4 is 39.1 Å². The van der Waals surface area contributed by atoms with Crippen LogP contribution in [0.15, 0.2) is 18.2 Å². The fourth-order valence-corrected chi connectivity index (χ4v) is 3.55. The third-order valence-corrected chi connectivity index (χ3v) is 4.71. The van der Waals surface area contributed by atoms with Crippen molar-refractivity contribution in [3.05, 3.63) is 33.8 Å². The van der Waals surface area contributed by atoms with Crippen molar-refractivity contribution in [1.29, 1.82) is 0 Å². The first-order valence-electron chi connectivity index (χ1n) is 6.41. The molecule has 1 heterocycles. The summed E-state index contributed by atoms with van der Waals surface area (Å²) in [6.45, 7) is 3.38. The van der Waals surface area contributed by atoms with E-state index in [1.54, 1.807) is 0 Å².